The van der Waals surface area contributed by atoms with Gasteiger partial charge < -0.3 is 9.26 Å². The smallest absolute Gasteiger partial charge is 0.359 e. The lowest BCUT2D eigenvalue weighted by atomic mass is 10.1. The first-order valence-electron chi connectivity index (χ1n) is 8.30. The number of esters is 1. The largest absolute Gasteiger partial charge is 0.454 e. The average Bonchev–Trinajstić information content (AvgIpc) is 3.12. The van der Waals surface area contributed by atoms with Crippen LogP contribution in [-0.4, -0.2) is 20.9 Å². The first kappa shape index (κ1) is 16.7. The SMILES string of the molecule is Cc1cc(COC(=O)c2nn(-c3ccccc3)c(=O)c3ccccc23)no1. The molecule has 0 saturated carbocycles. The van der Waals surface area contributed by atoms with Crippen molar-refractivity contribution in [1.82, 2.24) is 14.9 Å². The van der Waals surface area contributed by atoms with Crippen molar-refractivity contribution in [3.8, 4) is 5.69 Å². The van der Waals surface area contributed by atoms with Gasteiger partial charge in [-0.15, -0.1) is 0 Å². The van der Waals surface area contributed by atoms with E-state index in [4.69, 9.17) is 9.26 Å². The number of carbonyl (C=O) groups is 1. The Bertz CT molecular complexity index is 1180. The molecule has 0 fully saturated rings. The first-order valence-corrected chi connectivity index (χ1v) is 8.30. The van der Waals surface area contributed by atoms with Crippen LogP contribution in [0.1, 0.15) is 21.9 Å². The third kappa shape index (κ3) is 3.22. The highest BCUT2D eigenvalue weighted by atomic mass is 16.5. The number of benzene rings is 2. The number of fused-ring (bicyclic) bond motifs is 1. The number of hydrogen-bond acceptors (Lipinski definition) is 6. The molecular weight excluding hydrogens is 346 g/mol. The van der Waals surface area contributed by atoms with Crippen LogP contribution in [0.2, 0.25) is 0 Å². The second-order valence-electron chi connectivity index (χ2n) is 5.95. The molecule has 0 atom stereocenters. The Kier molecular flexibility index (Phi) is 4.25. The number of nitrogens with zero attached hydrogens (tertiary/aromatic N) is 3. The van der Waals surface area contributed by atoms with E-state index in [0.29, 0.717) is 27.9 Å². The van der Waals surface area contributed by atoms with Crippen molar-refractivity contribution in [3.05, 3.63) is 88.2 Å². The summed E-state index contributed by atoms with van der Waals surface area (Å²) in [4.78, 5) is 25.5. The highest BCUT2D eigenvalue weighted by molar-refractivity contribution is 6.02. The minimum atomic E-state index is -0.642. The van der Waals surface area contributed by atoms with Crippen molar-refractivity contribution in [2.75, 3.05) is 0 Å². The van der Waals surface area contributed by atoms with Crippen molar-refractivity contribution in [3.63, 3.8) is 0 Å². The van der Waals surface area contributed by atoms with Crippen molar-refractivity contribution < 1.29 is 14.1 Å². The lowest BCUT2D eigenvalue weighted by Gasteiger charge is -2.10. The maximum atomic E-state index is 12.8. The molecule has 7 heteroatoms. The number of rotatable bonds is 4. The Morgan fingerprint density at radius 3 is 2.48 bits per heavy atom. The molecule has 0 bridgehead atoms. The molecule has 0 spiro atoms. The van der Waals surface area contributed by atoms with E-state index in [-0.39, 0.29) is 17.9 Å². The van der Waals surface area contributed by atoms with E-state index >= 15 is 0 Å². The van der Waals surface area contributed by atoms with E-state index in [1.165, 1.54) is 4.68 Å². The zero-order valence-corrected chi connectivity index (χ0v) is 14.5. The minimum Gasteiger partial charge on any atom is -0.454 e. The lowest BCUT2D eigenvalue weighted by Crippen LogP contribution is -2.25. The standard InChI is InChI=1S/C20H15N3O4/c1-13-11-14(22-27-13)12-26-20(25)18-16-9-5-6-10-17(16)19(24)23(21-18)15-7-3-2-4-8-15/h2-11H,12H2,1H3. The van der Waals surface area contributed by atoms with Crippen LogP contribution in [0.4, 0.5) is 0 Å². The summed E-state index contributed by atoms with van der Waals surface area (Å²) in [6.45, 7) is 1.71. The summed E-state index contributed by atoms with van der Waals surface area (Å²) in [5, 5.41) is 8.90. The van der Waals surface area contributed by atoms with E-state index in [2.05, 4.69) is 10.3 Å². The predicted molar refractivity (Wildman–Crippen MR) is 97.7 cm³/mol. The normalized spacial score (nSPS) is 10.9. The Morgan fingerprint density at radius 2 is 1.78 bits per heavy atom. The summed E-state index contributed by atoms with van der Waals surface area (Å²) in [6.07, 6.45) is 0. The molecule has 0 aliphatic rings. The third-order valence-electron chi connectivity index (χ3n) is 4.03. The van der Waals surface area contributed by atoms with Gasteiger partial charge in [0.05, 0.1) is 11.1 Å². The summed E-state index contributed by atoms with van der Waals surface area (Å²) in [5.41, 5.74) is 0.825. The van der Waals surface area contributed by atoms with Crippen molar-refractivity contribution in [1.29, 1.82) is 0 Å². The number of para-hydroxylation sites is 1. The second kappa shape index (κ2) is 6.87. The molecule has 27 heavy (non-hydrogen) atoms. The molecule has 0 aliphatic heterocycles. The van der Waals surface area contributed by atoms with E-state index in [9.17, 15) is 9.59 Å². The van der Waals surface area contributed by atoms with Gasteiger partial charge in [0.1, 0.15) is 18.1 Å². The monoisotopic (exact) mass is 361 g/mol. The zero-order valence-electron chi connectivity index (χ0n) is 14.5. The minimum absolute atomic E-state index is 0.0450. The Morgan fingerprint density at radius 1 is 1.07 bits per heavy atom. The van der Waals surface area contributed by atoms with Gasteiger partial charge in [0.25, 0.3) is 5.56 Å². The molecular formula is C20H15N3O4. The summed E-state index contributed by atoms with van der Waals surface area (Å²) in [6, 6.07) is 17.4. The van der Waals surface area contributed by atoms with E-state index in [0.717, 1.165) is 0 Å². The van der Waals surface area contributed by atoms with Crippen molar-refractivity contribution in [2.45, 2.75) is 13.5 Å². The fourth-order valence-electron chi connectivity index (χ4n) is 2.78. The predicted octanol–water partition coefficient (Wildman–Crippen LogP) is 3.04. The van der Waals surface area contributed by atoms with E-state index in [1.807, 2.05) is 6.07 Å². The van der Waals surface area contributed by atoms with Gasteiger partial charge in [0.15, 0.2) is 5.69 Å². The third-order valence-corrected chi connectivity index (χ3v) is 4.03. The fraction of sp³-hybridized carbons (Fsp3) is 0.100. The Hall–Kier alpha value is -3.74. The molecule has 4 aromatic rings. The van der Waals surface area contributed by atoms with Gasteiger partial charge in [-0.25, -0.2) is 4.79 Å². The van der Waals surface area contributed by atoms with Crippen LogP contribution in [0, 0.1) is 6.92 Å². The molecule has 2 heterocycles. The van der Waals surface area contributed by atoms with Crippen LogP contribution < -0.4 is 5.56 Å². The maximum Gasteiger partial charge on any atom is 0.359 e. The van der Waals surface area contributed by atoms with Crippen LogP contribution >= 0.6 is 0 Å². The van der Waals surface area contributed by atoms with Crippen molar-refractivity contribution in [2.24, 2.45) is 0 Å². The quantitative estimate of drug-likeness (QED) is 0.519. The van der Waals surface area contributed by atoms with E-state index < -0.39 is 5.97 Å². The molecule has 2 aromatic carbocycles. The fourth-order valence-corrected chi connectivity index (χ4v) is 2.78. The van der Waals surface area contributed by atoms with Gasteiger partial charge in [-0.3, -0.25) is 4.79 Å². The van der Waals surface area contributed by atoms with Crippen LogP contribution in [0.5, 0.6) is 0 Å². The van der Waals surface area contributed by atoms with Crippen molar-refractivity contribution >= 4 is 16.7 Å². The molecule has 0 unspecified atom stereocenters. The summed E-state index contributed by atoms with van der Waals surface area (Å²) < 4.78 is 11.5. The lowest BCUT2D eigenvalue weighted by molar-refractivity contribution is 0.0457. The van der Waals surface area contributed by atoms with Crippen LogP contribution in [-0.2, 0) is 11.3 Å². The molecule has 0 aliphatic carbocycles. The molecule has 134 valence electrons. The van der Waals surface area contributed by atoms with Gasteiger partial charge in [0, 0.05) is 11.5 Å². The van der Waals surface area contributed by atoms with Crippen LogP contribution in [0.15, 0.2) is 70.0 Å². The van der Waals surface area contributed by atoms with Crippen LogP contribution in [0.3, 0.4) is 0 Å². The van der Waals surface area contributed by atoms with Gasteiger partial charge >= 0.3 is 5.97 Å². The Balaban J connectivity index is 1.78. The summed E-state index contributed by atoms with van der Waals surface area (Å²) in [7, 11) is 0. The van der Waals surface area contributed by atoms with Crippen LogP contribution in [0.25, 0.3) is 16.5 Å². The molecule has 4 rings (SSSR count). The highest BCUT2D eigenvalue weighted by Crippen LogP contribution is 2.16. The van der Waals surface area contributed by atoms with Gasteiger partial charge in [-0.05, 0) is 25.1 Å². The number of carbonyl (C=O) groups excluding carboxylic acids is 1. The topological polar surface area (TPSA) is 87.2 Å². The van der Waals surface area contributed by atoms with Gasteiger partial charge in [-0.2, -0.15) is 9.78 Å². The number of aryl methyl sites for hydroxylation is 1. The zero-order chi connectivity index (χ0) is 18.8. The molecule has 0 amide bonds. The Labute approximate surface area is 153 Å². The second-order valence-corrected chi connectivity index (χ2v) is 5.95. The molecule has 7 nitrogen and oxygen atoms in total. The molecule has 0 radical (unpaired) electrons. The van der Waals surface area contributed by atoms with E-state index in [1.54, 1.807) is 61.5 Å². The van der Waals surface area contributed by atoms with Gasteiger partial charge in [0.2, 0.25) is 0 Å². The first-order chi connectivity index (χ1) is 13.1. The maximum absolute atomic E-state index is 12.8. The summed E-state index contributed by atoms with van der Waals surface area (Å²) >= 11 is 0. The number of ether oxygens (including phenoxy) is 1. The molecule has 2 aromatic heterocycles. The average molecular weight is 361 g/mol. The molecule has 0 saturated heterocycles. The number of aromatic nitrogens is 3. The van der Waals surface area contributed by atoms with Gasteiger partial charge in [-0.1, -0.05) is 41.6 Å². The molecule has 0 N–H and O–H groups in total. The highest BCUT2D eigenvalue weighted by Gasteiger charge is 2.19. The summed E-state index contributed by atoms with van der Waals surface area (Å²) in [5.74, 6) is -0.0150. The number of hydrogen-bond donors (Lipinski definition) is 0.